The Hall–Kier alpha value is -2.04. The average Bonchev–Trinajstić information content (AvgIpc) is 2.66. The lowest BCUT2D eigenvalue weighted by Crippen LogP contribution is -2.43. The maximum absolute atomic E-state index is 12.6. The smallest absolute Gasteiger partial charge is 0.225 e. The lowest BCUT2D eigenvalue weighted by molar-refractivity contribution is -0.140. The number of likely N-dealkylation sites (tertiary alicyclic amines) is 1. The van der Waals surface area contributed by atoms with E-state index in [1.807, 2.05) is 55.0 Å². The molecule has 1 aliphatic rings. The fourth-order valence-electron chi connectivity index (χ4n) is 3.37. The maximum Gasteiger partial charge on any atom is 0.225 e. The highest BCUT2D eigenvalue weighted by Crippen LogP contribution is 2.20. The van der Waals surface area contributed by atoms with Crippen molar-refractivity contribution < 1.29 is 14.3 Å². The number of para-hydroxylation sites is 1. The molecule has 144 valence electrons. The number of carbonyl (C=O) groups excluding carboxylic acids is 2. The van der Waals surface area contributed by atoms with E-state index in [0.717, 1.165) is 37.0 Å². The Balaban J connectivity index is 1.68. The normalized spacial score (nSPS) is 15.0. The van der Waals surface area contributed by atoms with Crippen LogP contribution in [0.2, 0.25) is 0 Å². The summed E-state index contributed by atoms with van der Waals surface area (Å²) in [5, 5.41) is 0. The van der Waals surface area contributed by atoms with Crippen LogP contribution in [-0.2, 0) is 9.59 Å². The van der Waals surface area contributed by atoms with Gasteiger partial charge in [0, 0.05) is 39.0 Å². The molecule has 0 aromatic heterocycles. The van der Waals surface area contributed by atoms with Gasteiger partial charge >= 0.3 is 0 Å². The van der Waals surface area contributed by atoms with Crippen molar-refractivity contribution in [3.8, 4) is 5.75 Å². The van der Waals surface area contributed by atoms with Gasteiger partial charge in [-0.3, -0.25) is 9.59 Å². The van der Waals surface area contributed by atoms with Crippen LogP contribution in [0.3, 0.4) is 0 Å². The molecule has 0 unspecified atom stereocenters. The van der Waals surface area contributed by atoms with Gasteiger partial charge in [0.2, 0.25) is 11.8 Å². The van der Waals surface area contributed by atoms with Crippen LogP contribution in [0.4, 0.5) is 0 Å². The summed E-state index contributed by atoms with van der Waals surface area (Å²) in [5.41, 5.74) is 1.13. The summed E-state index contributed by atoms with van der Waals surface area (Å²) in [5.74, 6) is 1.37. The molecule has 2 amide bonds. The van der Waals surface area contributed by atoms with E-state index in [1.165, 1.54) is 0 Å². The SMILES string of the molecule is CCCC(=O)N1CCC(C(=O)N(C)CCCOc2ccccc2C)CC1. The number of benzene rings is 1. The van der Waals surface area contributed by atoms with Crippen molar-refractivity contribution in [2.45, 2.75) is 46.0 Å². The van der Waals surface area contributed by atoms with Crippen LogP contribution in [0.1, 0.15) is 44.6 Å². The molecule has 26 heavy (non-hydrogen) atoms. The molecule has 1 aromatic rings. The number of amides is 2. The molecule has 1 aromatic carbocycles. The monoisotopic (exact) mass is 360 g/mol. The van der Waals surface area contributed by atoms with E-state index >= 15 is 0 Å². The highest BCUT2D eigenvalue weighted by atomic mass is 16.5. The van der Waals surface area contributed by atoms with Crippen LogP contribution in [0, 0.1) is 12.8 Å². The molecular weight excluding hydrogens is 328 g/mol. The van der Waals surface area contributed by atoms with Gasteiger partial charge in [-0.1, -0.05) is 25.1 Å². The fraction of sp³-hybridized carbons (Fsp3) is 0.619. The first-order valence-electron chi connectivity index (χ1n) is 9.74. The van der Waals surface area contributed by atoms with Crippen LogP contribution in [0.5, 0.6) is 5.75 Å². The first-order valence-corrected chi connectivity index (χ1v) is 9.74. The van der Waals surface area contributed by atoms with Crippen LogP contribution in [0.15, 0.2) is 24.3 Å². The van der Waals surface area contributed by atoms with E-state index in [0.29, 0.717) is 32.7 Å². The van der Waals surface area contributed by atoms with Gasteiger partial charge in [-0.25, -0.2) is 0 Å². The van der Waals surface area contributed by atoms with Crippen molar-refractivity contribution >= 4 is 11.8 Å². The molecular formula is C21H32N2O3. The third-order valence-corrected chi connectivity index (χ3v) is 5.03. The average molecular weight is 360 g/mol. The highest BCUT2D eigenvalue weighted by molar-refractivity contribution is 5.80. The van der Waals surface area contributed by atoms with E-state index in [-0.39, 0.29) is 17.7 Å². The summed E-state index contributed by atoms with van der Waals surface area (Å²) < 4.78 is 5.79. The summed E-state index contributed by atoms with van der Waals surface area (Å²) in [7, 11) is 1.87. The van der Waals surface area contributed by atoms with Gasteiger partial charge in [0.15, 0.2) is 0 Å². The molecule has 0 atom stereocenters. The number of rotatable bonds is 8. The molecule has 5 heteroatoms. The van der Waals surface area contributed by atoms with Gasteiger partial charge in [0.1, 0.15) is 5.75 Å². The van der Waals surface area contributed by atoms with Crippen molar-refractivity contribution in [3.05, 3.63) is 29.8 Å². The molecule has 0 saturated carbocycles. The fourth-order valence-corrected chi connectivity index (χ4v) is 3.37. The molecule has 2 rings (SSSR count). The van der Waals surface area contributed by atoms with Gasteiger partial charge in [-0.2, -0.15) is 0 Å². The first kappa shape index (κ1) is 20.3. The van der Waals surface area contributed by atoms with Crippen LogP contribution in [-0.4, -0.2) is 54.9 Å². The predicted molar refractivity (Wildman–Crippen MR) is 103 cm³/mol. The molecule has 0 aliphatic carbocycles. The summed E-state index contributed by atoms with van der Waals surface area (Å²) in [4.78, 5) is 28.3. The second-order valence-corrected chi connectivity index (χ2v) is 7.13. The van der Waals surface area contributed by atoms with E-state index < -0.39 is 0 Å². The topological polar surface area (TPSA) is 49.9 Å². The zero-order chi connectivity index (χ0) is 18.9. The van der Waals surface area contributed by atoms with Gasteiger partial charge < -0.3 is 14.5 Å². The number of nitrogens with zero attached hydrogens (tertiary/aromatic N) is 2. The molecule has 0 radical (unpaired) electrons. The first-order chi connectivity index (χ1) is 12.5. The van der Waals surface area contributed by atoms with Crippen molar-refractivity contribution in [1.29, 1.82) is 0 Å². The lowest BCUT2D eigenvalue weighted by atomic mass is 9.95. The molecule has 0 N–H and O–H groups in total. The zero-order valence-electron chi connectivity index (χ0n) is 16.4. The third kappa shape index (κ3) is 5.75. The van der Waals surface area contributed by atoms with Crippen molar-refractivity contribution in [2.75, 3.05) is 33.3 Å². The van der Waals surface area contributed by atoms with Gasteiger partial charge in [-0.05, 0) is 44.2 Å². The van der Waals surface area contributed by atoms with Crippen molar-refractivity contribution in [3.63, 3.8) is 0 Å². The predicted octanol–water partition coefficient (Wildman–Crippen LogP) is 3.26. The van der Waals surface area contributed by atoms with Gasteiger partial charge in [0.05, 0.1) is 6.61 Å². The number of aryl methyl sites for hydroxylation is 1. The number of piperidine rings is 1. The quantitative estimate of drug-likeness (QED) is 0.669. The van der Waals surface area contributed by atoms with Crippen LogP contribution < -0.4 is 4.74 Å². The summed E-state index contributed by atoms with van der Waals surface area (Å²) in [6.07, 6.45) is 3.85. The lowest BCUT2D eigenvalue weighted by Gasteiger charge is -2.33. The molecule has 1 aliphatic heterocycles. The van der Waals surface area contributed by atoms with E-state index in [1.54, 1.807) is 0 Å². The summed E-state index contributed by atoms with van der Waals surface area (Å²) in [6.45, 7) is 6.76. The summed E-state index contributed by atoms with van der Waals surface area (Å²) in [6, 6.07) is 7.96. The molecule has 0 spiro atoms. The minimum Gasteiger partial charge on any atom is -0.493 e. The second-order valence-electron chi connectivity index (χ2n) is 7.13. The second kappa shape index (κ2) is 10.2. The molecule has 5 nitrogen and oxygen atoms in total. The summed E-state index contributed by atoms with van der Waals surface area (Å²) >= 11 is 0. The Morgan fingerprint density at radius 2 is 1.92 bits per heavy atom. The molecule has 1 saturated heterocycles. The Morgan fingerprint density at radius 3 is 2.58 bits per heavy atom. The Morgan fingerprint density at radius 1 is 1.23 bits per heavy atom. The van der Waals surface area contributed by atoms with E-state index in [9.17, 15) is 9.59 Å². The van der Waals surface area contributed by atoms with Crippen LogP contribution >= 0.6 is 0 Å². The zero-order valence-corrected chi connectivity index (χ0v) is 16.4. The number of hydrogen-bond acceptors (Lipinski definition) is 3. The van der Waals surface area contributed by atoms with Gasteiger partial charge in [-0.15, -0.1) is 0 Å². The Labute approximate surface area is 157 Å². The Kier molecular flexibility index (Phi) is 7.95. The van der Waals surface area contributed by atoms with E-state index in [4.69, 9.17) is 4.74 Å². The number of ether oxygens (including phenoxy) is 1. The van der Waals surface area contributed by atoms with Crippen molar-refractivity contribution in [2.24, 2.45) is 5.92 Å². The minimum atomic E-state index is 0.0444. The van der Waals surface area contributed by atoms with Crippen molar-refractivity contribution in [1.82, 2.24) is 9.80 Å². The molecule has 0 bridgehead atoms. The molecule has 1 fully saturated rings. The minimum absolute atomic E-state index is 0.0444. The Bertz CT molecular complexity index is 595. The maximum atomic E-state index is 12.6. The number of carbonyl (C=O) groups is 2. The van der Waals surface area contributed by atoms with Gasteiger partial charge in [0.25, 0.3) is 0 Å². The third-order valence-electron chi connectivity index (χ3n) is 5.03. The van der Waals surface area contributed by atoms with Crippen LogP contribution in [0.25, 0.3) is 0 Å². The largest absolute Gasteiger partial charge is 0.493 e. The number of hydrogen-bond donors (Lipinski definition) is 0. The highest BCUT2D eigenvalue weighted by Gasteiger charge is 2.28. The standard InChI is InChI=1S/C21H32N2O3/c1-4-8-20(24)23-14-11-18(12-15-23)21(25)22(3)13-7-16-26-19-10-6-5-9-17(19)2/h5-6,9-10,18H,4,7-8,11-16H2,1-3H3. The van der Waals surface area contributed by atoms with E-state index in [2.05, 4.69) is 0 Å². The molecule has 1 heterocycles.